The average molecular weight is 1620 g/mol. The summed E-state index contributed by atoms with van der Waals surface area (Å²) < 4.78 is 192. The molecule has 0 saturated carbocycles. The zero-order valence-electron chi connectivity index (χ0n) is 61.5. The molecule has 6 aromatic rings. The number of phosphoric acid groups is 3. The SMILES string of the molecule is CC(C)OP1(=O)OC[C@H]2OC(n3ccc(NC(=O)c4ccc5c(c4)NC(C)(C)C5)nc3=O)C(F)(F)[C@@H]2O1.CC(C)OP1(=O)OC[C@H]2OC(n3ccc(NC(=O)c4ccc5c(c4)NC(C)(C)CC5)nc3=O)C(F)(F)[C@@H]2O1.CC1Cc2ccc(C(=O)Nc3ccn(C4O[C@@H]5COP(=O)(OC(C)C)O[C@H]5C4(F)F)c(=O)n3)cc2N1. The molecule has 15 rings (SSSR count). The lowest BCUT2D eigenvalue weighted by atomic mass is 9.89. The number of benzene rings is 3. The molecule has 12 heterocycles. The van der Waals surface area contributed by atoms with E-state index >= 15 is 26.3 Å². The minimum atomic E-state index is -4.23. The molecule has 3 amide bonds. The van der Waals surface area contributed by atoms with E-state index < -0.39 is 169 Å². The van der Waals surface area contributed by atoms with E-state index in [1.807, 2.05) is 25.1 Å². The molecule has 7 unspecified atom stereocenters. The first-order valence-electron chi connectivity index (χ1n) is 35.3. The topological polar surface area (TPSA) is 390 Å². The lowest BCUT2D eigenvalue weighted by Gasteiger charge is -2.34. The second-order valence-corrected chi connectivity index (χ2v) is 34.5. The molecule has 42 heteroatoms. The maximum atomic E-state index is 15.3. The highest BCUT2D eigenvalue weighted by Crippen LogP contribution is 2.63. The lowest BCUT2D eigenvalue weighted by Crippen LogP contribution is -2.45. The van der Waals surface area contributed by atoms with E-state index in [0.29, 0.717) is 30.4 Å². The van der Waals surface area contributed by atoms with Crippen LogP contribution >= 0.6 is 23.5 Å². The quantitative estimate of drug-likeness (QED) is 0.0411. The molecule has 0 radical (unpaired) electrons. The molecule has 0 aliphatic carbocycles. The molecule has 6 N–H and O–H groups in total. The Bertz CT molecular complexity index is 4980. The summed E-state index contributed by atoms with van der Waals surface area (Å²) >= 11 is 0. The molecule has 13 atom stereocenters. The van der Waals surface area contributed by atoms with Crippen LogP contribution in [0.2, 0.25) is 0 Å². The highest BCUT2D eigenvalue weighted by molar-refractivity contribution is 7.49. The molecule has 3 aromatic heterocycles. The number of nitrogens with zero attached hydrogens (tertiary/aromatic N) is 6. The van der Waals surface area contributed by atoms with Crippen LogP contribution in [-0.2, 0) is 87.9 Å². The van der Waals surface area contributed by atoms with Crippen molar-refractivity contribution in [3.8, 4) is 0 Å². The molecule has 0 bridgehead atoms. The summed E-state index contributed by atoms with van der Waals surface area (Å²) in [6.07, 6.45) is -11.2. The van der Waals surface area contributed by atoms with Crippen molar-refractivity contribution in [2.45, 2.75) is 210 Å². The second kappa shape index (κ2) is 30.3. The molecule has 3 aromatic carbocycles. The fourth-order valence-corrected chi connectivity index (χ4v) is 18.4. The Balaban J connectivity index is 0.000000146. The van der Waals surface area contributed by atoms with Crippen LogP contribution in [0.5, 0.6) is 0 Å². The lowest BCUT2D eigenvalue weighted by molar-refractivity contribution is -0.139. The van der Waals surface area contributed by atoms with Gasteiger partial charge in [-0.25, -0.2) is 28.1 Å². The predicted molar refractivity (Wildman–Crippen MR) is 383 cm³/mol. The molecule has 6 fully saturated rings. The summed E-state index contributed by atoms with van der Waals surface area (Å²) in [6, 6.07) is 19.6. The first-order valence-corrected chi connectivity index (χ1v) is 39.7. The van der Waals surface area contributed by atoms with Gasteiger partial charge in [0.2, 0.25) is 18.7 Å². The van der Waals surface area contributed by atoms with E-state index in [0.717, 1.165) is 78.0 Å². The third-order valence-corrected chi connectivity index (χ3v) is 23.5. The number of phosphoric ester groups is 3. The van der Waals surface area contributed by atoms with Gasteiger partial charge in [0.15, 0.2) is 18.3 Å². The highest BCUT2D eigenvalue weighted by Gasteiger charge is 2.68. The number of hydrogen-bond acceptors (Lipinski definition) is 27. The molecule has 600 valence electrons. The number of amides is 3. The monoisotopic (exact) mass is 1620 g/mol. The van der Waals surface area contributed by atoms with Crippen LogP contribution in [-0.4, -0.2) is 156 Å². The van der Waals surface area contributed by atoms with Gasteiger partial charge in [-0.2, -0.15) is 41.3 Å². The van der Waals surface area contributed by atoms with Crippen LogP contribution in [0.15, 0.2) is 106 Å². The number of fused-ring (bicyclic) bond motifs is 6. The van der Waals surface area contributed by atoms with Crippen molar-refractivity contribution in [3.63, 3.8) is 0 Å². The fourth-order valence-electron chi connectivity index (χ4n) is 13.7. The number of ether oxygens (including phenoxy) is 3. The number of nitrogens with one attached hydrogen (secondary N) is 6. The van der Waals surface area contributed by atoms with Crippen molar-refractivity contribution in [2.24, 2.45) is 0 Å². The van der Waals surface area contributed by atoms with E-state index in [1.54, 1.807) is 77.9 Å². The Morgan fingerprint density at radius 1 is 0.495 bits per heavy atom. The summed E-state index contributed by atoms with van der Waals surface area (Å²) in [7, 11) is -12.7. The smallest absolute Gasteiger partial charge is 0.382 e. The zero-order valence-corrected chi connectivity index (χ0v) is 64.2. The minimum Gasteiger partial charge on any atom is -0.382 e. The van der Waals surface area contributed by atoms with Gasteiger partial charge in [-0.3, -0.25) is 68.8 Å². The Kier molecular flexibility index (Phi) is 22.1. The molecular formula is C69H81F6N12O21P3. The Hall–Kier alpha value is -8.10. The van der Waals surface area contributed by atoms with E-state index in [1.165, 1.54) is 18.2 Å². The summed E-state index contributed by atoms with van der Waals surface area (Å²) in [5.74, 6) is -13.2. The zero-order chi connectivity index (χ0) is 80.0. The third kappa shape index (κ3) is 17.2. The number of halogens is 6. The van der Waals surface area contributed by atoms with Gasteiger partial charge in [-0.05, 0) is 173 Å². The summed E-state index contributed by atoms with van der Waals surface area (Å²) in [4.78, 5) is 87.4. The van der Waals surface area contributed by atoms with Crippen molar-refractivity contribution in [3.05, 3.63) is 156 Å². The van der Waals surface area contributed by atoms with Crippen molar-refractivity contribution < 1.29 is 109 Å². The second-order valence-electron chi connectivity index (χ2n) is 29.8. The van der Waals surface area contributed by atoms with Gasteiger partial charge in [0.25, 0.3) is 17.7 Å². The Morgan fingerprint density at radius 2 is 0.829 bits per heavy atom. The number of alkyl halides is 6. The Morgan fingerprint density at radius 3 is 1.19 bits per heavy atom. The van der Waals surface area contributed by atoms with E-state index in [-0.39, 0.29) is 34.6 Å². The molecule has 0 spiro atoms. The number of rotatable bonds is 15. The van der Waals surface area contributed by atoms with Gasteiger partial charge < -0.3 is 46.1 Å². The predicted octanol–water partition coefficient (Wildman–Crippen LogP) is 11.2. The number of aromatic nitrogens is 6. The first-order chi connectivity index (χ1) is 52.0. The highest BCUT2D eigenvalue weighted by atomic mass is 31.2. The number of carbonyl (C=O) groups excluding carboxylic acids is 3. The van der Waals surface area contributed by atoms with Gasteiger partial charge >= 0.3 is 58.3 Å². The van der Waals surface area contributed by atoms with E-state index in [4.69, 9.17) is 54.9 Å². The first kappa shape index (κ1) is 80.9. The van der Waals surface area contributed by atoms with Crippen LogP contribution < -0.4 is 49.0 Å². The van der Waals surface area contributed by atoms with Crippen LogP contribution in [0.25, 0.3) is 0 Å². The fraction of sp³-hybridized carbons (Fsp3) is 0.522. The minimum absolute atomic E-state index is 0.106. The molecular weight excluding hydrogens is 1540 g/mol. The number of hydrogen-bond donors (Lipinski definition) is 6. The van der Waals surface area contributed by atoms with Gasteiger partial charge in [-0.15, -0.1) is 0 Å². The van der Waals surface area contributed by atoms with Gasteiger partial charge in [0, 0.05) is 69.5 Å². The van der Waals surface area contributed by atoms with Gasteiger partial charge in [0.05, 0.1) is 38.1 Å². The Labute approximate surface area is 629 Å². The normalized spacial score (nSPS) is 29.7. The van der Waals surface area contributed by atoms with Crippen molar-refractivity contribution >= 4 is 75.7 Å². The van der Waals surface area contributed by atoms with Crippen LogP contribution in [0.1, 0.15) is 149 Å². The van der Waals surface area contributed by atoms with Crippen molar-refractivity contribution in [2.75, 3.05) is 51.7 Å². The third-order valence-electron chi connectivity index (χ3n) is 18.6. The standard InChI is InChI=1S/C24H29F2N4O7P.C23H27F2N4O7P.C22H25F2N4O7P/c1-13(2)36-38(33)34-12-17-19(37-38)24(25,26)21(35-17)30-10-8-18(28-22(30)32)27-20(31)15-6-5-14-7-9-23(3,4)29-16(14)11-15;1-12(2)35-37(32)33-11-16-18(36-37)23(24,25)20(34-16)29-8-7-17(27-21(29)31)26-19(30)13-5-6-14-10-22(3,4)28-15(14)9-13;1-11(2)34-36(31)32-10-16-18(35-36)22(23,24)20(33-16)28-7-6-17(27-21(28)30)26-19(29)14-5-4-13-8-12(3)25-15(13)9-14/h5-6,8,10-11,13,17,19,21,29H,7,9,12H2,1-4H3,(H,27,28,31,32);5-9,12,16,18,20,28H,10-11H2,1-4H3,(H,26,27,30,31);4-7,9,11-12,16,18,20,25H,8,10H2,1-3H3,(H,26,27,29,30)/t17-,19-,21?,38?;16-,18-,20?,37?;12?,16-,18-,20?,36?/m111/s1. The number of anilines is 6. The molecule has 111 heavy (non-hydrogen) atoms. The molecule has 33 nitrogen and oxygen atoms in total. The summed E-state index contributed by atoms with van der Waals surface area (Å²) in [5.41, 5.74) is 3.40. The molecule has 6 saturated heterocycles. The van der Waals surface area contributed by atoms with Gasteiger partial charge in [0.1, 0.15) is 35.8 Å². The van der Waals surface area contributed by atoms with Crippen LogP contribution in [0.3, 0.4) is 0 Å². The van der Waals surface area contributed by atoms with E-state index in [9.17, 15) is 42.5 Å². The largest absolute Gasteiger partial charge is 0.475 e. The van der Waals surface area contributed by atoms with Crippen molar-refractivity contribution in [1.29, 1.82) is 0 Å². The van der Waals surface area contributed by atoms with Crippen molar-refractivity contribution in [1.82, 2.24) is 28.7 Å². The van der Waals surface area contributed by atoms with E-state index in [2.05, 4.69) is 74.5 Å². The van der Waals surface area contributed by atoms with Crippen LogP contribution in [0.4, 0.5) is 60.9 Å². The summed E-state index contributed by atoms with van der Waals surface area (Å²) in [6.45, 7) is 18.2. The maximum absolute atomic E-state index is 15.3. The van der Waals surface area contributed by atoms with Crippen LogP contribution in [0, 0.1) is 0 Å². The maximum Gasteiger partial charge on any atom is 0.475 e. The number of aryl methyl sites for hydroxylation is 1. The molecule has 9 aliphatic heterocycles. The van der Waals surface area contributed by atoms with Gasteiger partial charge in [-0.1, -0.05) is 18.2 Å². The number of carbonyl (C=O) groups is 3. The average Bonchev–Trinajstić information content (AvgIpc) is 1.60. The molecule has 9 aliphatic rings. The summed E-state index contributed by atoms with van der Waals surface area (Å²) in [5, 5.41) is 17.6.